The van der Waals surface area contributed by atoms with Crippen LogP contribution in [0.2, 0.25) is 0 Å². The summed E-state index contributed by atoms with van der Waals surface area (Å²) in [6.45, 7) is 2.55. The Labute approximate surface area is 135 Å². The lowest BCUT2D eigenvalue weighted by atomic mass is 10.1. The summed E-state index contributed by atoms with van der Waals surface area (Å²) in [6.07, 6.45) is 2.55. The number of hydrogen-bond donors (Lipinski definition) is 1. The van der Waals surface area contributed by atoms with Gasteiger partial charge in [0.2, 0.25) is 0 Å². The molecule has 3 rings (SSSR count). The maximum absolute atomic E-state index is 12.5. The monoisotopic (exact) mass is 305 g/mol. The minimum absolute atomic E-state index is 0.0721. The van der Waals surface area contributed by atoms with Gasteiger partial charge in [-0.1, -0.05) is 48.5 Å². The molecule has 0 bridgehead atoms. The average Bonchev–Trinajstić information content (AvgIpc) is 2.88. The Kier molecular flexibility index (Phi) is 4.52. The molecule has 4 nitrogen and oxygen atoms in total. The molecular weight excluding hydrogens is 286 g/mol. The summed E-state index contributed by atoms with van der Waals surface area (Å²) >= 11 is 0. The fraction of sp³-hybridized carbons (Fsp3) is 0.158. The second-order valence-corrected chi connectivity index (χ2v) is 5.40. The maximum atomic E-state index is 12.5. The quantitative estimate of drug-likeness (QED) is 0.723. The Morgan fingerprint density at radius 2 is 1.70 bits per heavy atom. The first-order chi connectivity index (χ1) is 11.3. The van der Waals surface area contributed by atoms with Crippen LogP contribution in [-0.2, 0) is 6.42 Å². The van der Waals surface area contributed by atoms with Gasteiger partial charge in [0.25, 0.3) is 5.56 Å². The zero-order chi connectivity index (χ0) is 16.1. The molecule has 23 heavy (non-hydrogen) atoms. The van der Waals surface area contributed by atoms with E-state index in [2.05, 4.69) is 22.2 Å². The van der Waals surface area contributed by atoms with Crippen LogP contribution in [0.15, 0.2) is 70.5 Å². The van der Waals surface area contributed by atoms with Crippen molar-refractivity contribution in [3.8, 4) is 5.69 Å². The number of aryl methyl sites for hydroxylation is 1. The highest BCUT2D eigenvalue weighted by molar-refractivity contribution is 5.80. The molecule has 0 aliphatic heterocycles. The van der Waals surface area contributed by atoms with E-state index in [1.54, 1.807) is 10.9 Å². The van der Waals surface area contributed by atoms with Crippen LogP contribution in [-0.4, -0.2) is 22.5 Å². The number of aromatic amines is 1. The van der Waals surface area contributed by atoms with E-state index in [1.807, 2.05) is 55.5 Å². The Morgan fingerprint density at radius 1 is 1.04 bits per heavy atom. The number of H-pyrrole nitrogens is 1. The largest absolute Gasteiger partial charge is 0.295 e. The first-order valence-electron chi connectivity index (χ1n) is 7.66. The van der Waals surface area contributed by atoms with Crippen molar-refractivity contribution in [2.24, 2.45) is 4.99 Å². The fourth-order valence-corrected chi connectivity index (χ4v) is 2.46. The highest BCUT2D eigenvalue weighted by Crippen LogP contribution is 2.05. The molecule has 0 amide bonds. The number of nitrogens with one attached hydrogen (secondary N) is 1. The van der Waals surface area contributed by atoms with Crippen molar-refractivity contribution >= 4 is 6.21 Å². The third kappa shape index (κ3) is 3.48. The summed E-state index contributed by atoms with van der Waals surface area (Å²) in [5.74, 6) is 0. The molecular formula is C19H19N3O. The van der Waals surface area contributed by atoms with Crippen LogP contribution in [0.5, 0.6) is 0 Å². The molecule has 0 atom stereocenters. The molecule has 0 fully saturated rings. The molecule has 0 unspecified atom stereocenters. The van der Waals surface area contributed by atoms with Crippen LogP contribution in [0.3, 0.4) is 0 Å². The Morgan fingerprint density at radius 3 is 2.39 bits per heavy atom. The van der Waals surface area contributed by atoms with Crippen LogP contribution in [0.4, 0.5) is 0 Å². The van der Waals surface area contributed by atoms with Crippen molar-refractivity contribution in [1.29, 1.82) is 0 Å². The van der Waals surface area contributed by atoms with Crippen molar-refractivity contribution in [3.05, 3.63) is 87.8 Å². The highest BCUT2D eigenvalue weighted by Gasteiger charge is 2.09. The normalized spacial score (nSPS) is 11.2. The van der Waals surface area contributed by atoms with E-state index in [1.165, 1.54) is 5.56 Å². The van der Waals surface area contributed by atoms with Crippen LogP contribution in [0.1, 0.15) is 16.8 Å². The summed E-state index contributed by atoms with van der Waals surface area (Å²) in [5, 5.41) is 3.10. The van der Waals surface area contributed by atoms with E-state index >= 15 is 0 Å². The Bertz CT molecular complexity index is 845. The van der Waals surface area contributed by atoms with Gasteiger partial charge < -0.3 is 0 Å². The molecule has 0 saturated carbocycles. The predicted molar refractivity (Wildman–Crippen MR) is 93.7 cm³/mol. The van der Waals surface area contributed by atoms with Crippen LogP contribution < -0.4 is 5.56 Å². The van der Waals surface area contributed by atoms with Gasteiger partial charge in [-0.05, 0) is 31.0 Å². The number of hydrogen-bond acceptors (Lipinski definition) is 2. The smallest absolute Gasteiger partial charge is 0.280 e. The first-order valence-corrected chi connectivity index (χ1v) is 7.66. The molecule has 3 aromatic rings. The van der Waals surface area contributed by atoms with Gasteiger partial charge in [0.05, 0.1) is 11.3 Å². The summed E-state index contributed by atoms with van der Waals surface area (Å²) in [7, 11) is 0. The number of nitrogens with zero attached hydrogens (tertiary/aromatic N) is 2. The van der Waals surface area contributed by atoms with Gasteiger partial charge >= 0.3 is 0 Å². The summed E-state index contributed by atoms with van der Waals surface area (Å²) in [6, 6.07) is 19.7. The highest BCUT2D eigenvalue weighted by atomic mass is 16.1. The van der Waals surface area contributed by atoms with Crippen molar-refractivity contribution in [1.82, 2.24) is 9.78 Å². The van der Waals surface area contributed by atoms with Crippen molar-refractivity contribution < 1.29 is 0 Å². The molecule has 0 spiro atoms. The van der Waals surface area contributed by atoms with Gasteiger partial charge in [-0.15, -0.1) is 0 Å². The van der Waals surface area contributed by atoms with E-state index in [4.69, 9.17) is 0 Å². The van der Waals surface area contributed by atoms with Crippen LogP contribution in [0.25, 0.3) is 5.69 Å². The van der Waals surface area contributed by atoms with Gasteiger partial charge in [-0.2, -0.15) is 0 Å². The number of aliphatic imine (C=N–C) groups is 1. The molecule has 4 heteroatoms. The lowest BCUT2D eigenvalue weighted by Gasteiger charge is -1.99. The standard InChI is InChI=1S/C19H19N3O/c1-15-18(14-20-13-12-16-8-4-2-5-9-16)19(23)22(21-15)17-10-6-3-7-11-17/h2-11,14,21H,12-13H2,1H3. The second kappa shape index (κ2) is 6.92. The molecule has 1 N–H and O–H groups in total. The zero-order valence-corrected chi connectivity index (χ0v) is 13.1. The molecule has 2 aromatic carbocycles. The van der Waals surface area contributed by atoms with E-state index in [0.717, 1.165) is 17.8 Å². The first kappa shape index (κ1) is 15.0. The SMILES string of the molecule is Cc1[nH]n(-c2ccccc2)c(=O)c1C=NCCc1ccccc1. The van der Waals surface area contributed by atoms with Crippen LogP contribution >= 0.6 is 0 Å². The lowest BCUT2D eigenvalue weighted by molar-refractivity contribution is 0.835. The molecule has 1 heterocycles. The predicted octanol–water partition coefficient (Wildman–Crippen LogP) is 3.14. The van der Waals surface area contributed by atoms with Gasteiger partial charge in [0.1, 0.15) is 0 Å². The zero-order valence-electron chi connectivity index (χ0n) is 13.1. The second-order valence-electron chi connectivity index (χ2n) is 5.40. The van der Waals surface area contributed by atoms with Crippen molar-refractivity contribution in [3.63, 3.8) is 0 Å². The average molecular weight is 305 g/mol. The van der Waals surface area contributed by atoms with E-state index < -0.39 is 0 Å². The molecule has 0 aliphatic rings. The Balaban J connectivity index is 1.75. The summed E-state index contributed by atoms with van der Waals surface area (Å²) < 4.78 is 1.55. The van der Waals surface area contributed by atoms with Gasteiger partial charge in [0.15, 0.2) is 0 Å². The molecule has 0 saturated heterocycles. The van der Waals surface area contributed by atoms with Gasteiger partial charge in [0, 0.05) is 18.5 Å². The minimum atomic E-state index is -0.0721. The molecule has 0 aliphatic carbocycles. The number of rotatable bonds is 5. The molecule has 116 valence electrons. The molecule has 0 radical (unpaired) electrons. The number of aromatic nitrogens is 2. The minimum Gasteiger partial charge on any atom is -0.295 e. The van der Waals surface area contributed by atoms with Gasteiger partial charge in [-0.3, -0.25) is 14.9 Å². The maximum Gasteiger partial charge on any atom is 0.280 e. The van der Waals surface area contributed by atoms with Crippen LogP contribution in [0, 0.1) is 6.92 Å². The van der Waals surface area contributed by atoms with E-state index in [0.29, 0.717) is 12.1 Å². The number of benzene rings is 2. The number of para-hydroxylation sites is 1. The molecule has 1 aromatic heterocycles. The van der Waals surface area contributed by atoms with Gasteiger partial charge in [-0.25, -0.2) is 4.68 Å². The van der Waals surface area contributed by atoms with Crippen molar-refractivity contribution in [2.45, 2.75) is 13.3 Å². The summed E-state index contributed by atoms with van der Waals surface area (Å²) in [4.78, 5) is 16.9. The van der Waals surface area contributed by atoms with Crippen molar-refractivity contribution in [2.75, 3.05) is 6.54 Å². The lowest BCUT2D eigenvalue weighted by Crippen LogP contribution is -2.17. The third-order valence-electron chi connectivity index (χ3n) is 3.72. The van der Waals surface area contributed by atoms with E-state index in [-0.39, 0.29) is 5.56 Å². The topological polar surface area (TPSA) is 50.1 Å². The van der Waals surface area contributed by atoms with E-state index in [9.17, 15) is 4.79 Å². The Hall–Kier alpha value is -2.88. The third-order valence-corrected chi connectivity index (χ3v) is 3.72. The fourth-order valence-electron chi connectivity index (χ4n) is 2.46. The summed E-state index contributed by atoms with van der Waals surface area (Å²) in [5.41, 5.74) is 3.43.